The normalized spacial score (nSPS) is 19.9. The Labute approximate surface area is 97.5 Å². The molecule has 1 aliphatic rings. The van der Waals surface area contributed by atoms with E-state index in [4.69, 9.17) is 0 Å². The minimum atomic E-state index is -2.83. The predicted octanol–water partition coefficient (Wildman–Crippen LogP) is 2.50. The fourth-order valence-electron chi connectivity index (χ4n) is 1.79. The van der Waals surface area contributed by atoms with Crippen LogP contribution >= 0.6 is 11.3 Å². The van der Waals surface area contributed by atoms with Gasteiger partial charge in [0.2, 0.25) is 0 Å². The molecule has 0 atom stereocenters. The third-order valence-electron chi connectivity index (χ3n) is 2.74. The second-order valence-electron chi connectivity index (χ2n) is 4.24. The molecular weight excluding hydrogens is 232 g/mol. The maximum absolute atomic E-state index is 13.8. The van der Waals surface area contributed by atoms with Crippen LogP contribution in [0.2, 0.25) is 0 Å². The van der Waals surface area contributed by atoms with Gasteiger partial charge in [-0.3, -0.25) is 4.90 Å². The monoisotopic (exact) mass is 247 g/mol. The summed E-state index contributed by atoms with van der Waals surface area (Å²) < 4.78 is 27.7. The number of fused-ring (bicyclic) bond motifs is 1. The molecule has 0 spiro atoms. The molecule has 90 valence electrons. The van der Waals surface area contributed by atoms with Crippen LogP contribution in [0.15, 0.2) is 0 Å². The summed E-state index contributed by atoms with van der Waals surface area (Å²) in [4.78, 5) is 6.40. The second kappa shape index (κ2) is 3.92. The van der Waals surface area contributed by atoms with Crippen LogP contribution in [0.4, 0.5) is 13.9 Å². The molecule has 2 heterocycles. The molecule has 0 saturated heterocycles. The molecular formula is C10H15F2N3S. The number of nitrogens with one attached hydrogen (secondary N) is 1. The largest absolute Gasteiger partial charge is 0.365 e. The number of halogens is 2. The lowest BCUT2D eigenvalue weighted by atomic mass is 10.1. The highest BCUT2D eigenvalue weighted by Crippen LogP contribution is 2.40. The lowest BCUT2D eigenvalue weighted by Crippen LogP contribution is -2.43. The highest BCUT2D eigenvalue weighted by Gasteiger charge is 2.43. The average molecular weight is 247 g/mol. The molecule has 2 rings (SSSR count). The van der Waals surface area contributed by atoms with Crippen LogP contribution in [0.1, 0.15) is 24.4 Å². The van der Waals surface area contributed by atoms with E-state index in [0.717, 1.165) is 0 Å². The quantitative estimate of drug-likeness (QED) is 0.870. The van der Waals surface area contributed by atoms with Crippen molar-refractivity contribution in [3.63, 3.8) is 0 Å². The summed E-state index contributed by atoms with van der Waals surface area (Å²) in [5.41, 5.74) is -0.0428. The van der Waals surface area contributed by atoms with Crippen molar-refractivity contribution in [1.82, 2.24) is 9.88 Å². The summed E-state index contributed by atoms with van der Waals surface area (Å²) in [5.74, 6) is -2.83. The van der Waals surface area contributed by atoms with E-state index in [-0.39, 0.29) is 18.3 Å². The summed E-state index contributed by atoms with van der Waals surface area (Å²) in [6.45, 7) is 4.20. The van der Waals surface area contributed by atoms with Crippen molar-refractivity contribution in [3.05, 3.63) is 10.6 Å². The molecule has 1 aliphatic heterocycles. The lowest BCUT2D eigenvalue weighted by Gasteiger charge is -2.34. The summed E-state index contributed by atoms with van der Waals surface area (Å²) >= 11 is 1.31. The molecule has 1 N–H and O–H groups in total. The van der Waals surface area contributed by atoms with Gasteiger partial charge in [0.1, 0.15) is 5.69 Å². The molecule has 1 aromatic rings. The Hall–Kier alpha value is -0.750. The number of thiazole rings is 1. The van der Waals surface area contributed by atoms with E-state index in [2.05, 4.69) is 10.3 Å². The fraction of sp³-hybridized carbons (Fsp3) is 0.700. The van der Waals surface area contributed by atoms with E-state index < -0.39 is 5.92 Å². The van der Waals surface area contributed by atoms with Gasteiger partial charge in [-0.25, -0.2) is 4.98 Å². The Morgan fingerprint density at radius 1 is 1.50 bits per heavy atom. The zero-order chi connectivity index (χ0) is 11.9. The van der Waals surface area contributed by atoms with E-state index in [0.29, 0.717) is 16.6 Å². The van der Waals surface area contributed by atoms with Gasteiger partial charge >= 0.3 is 5.92 Å². The third-order valence-corrected chi connectivity index (χ3v) is 3.79. The molecule has 6 heteroatoms. The first-order valence-electron chi connectivity index (χ1n) is 5.24. The molecule has 0 aromatic carbocycles. The van der Waals surface area contributed by atoms with Gasteiger partial charge in [-0.2, -0.15) is 8.78 Å². The predicted molar refractivity (Wildman–Crippen MR) is 61.1 cm³/mol. The number of alkyl halides is 2. The topological polar surface area (TPSA) is 28.2 Å². The zero-order valence-electron chi connectivity index (χ0n) is 9.55. The fourth-order valence-corrected chi connectivity index (χ4v) is 2.78. The maximum atomic E-state index is 13.8. The number of nitrogens with zero attached hydrogens (tertiary/aromatic N) is 2. The first-order chi connectivity index (χ1) is 7.44. The minimum Gasteiger partial charge on any atom is -0.365 e. The van der Waals surface area contributed by atoms with Gasteiger partial charge < -0.3 is 5.32 Å². The summed E-state index contributed by atoms with van der Waals surface area (Å²) in [6, 6.07) is 0.124. The van der Waals surface area contributed by atoms with E-state index in [9.17, 15) is 8.78 Å². The van der Waals surface area contributed by atoms with Gasteiger partial charge in [-0.05, 0) is 13.8 Å². The maximum Gasteiger partial charge on any atom is 0.303 e. The Morgan fingerprint density at radius 2 is 2.19 bits per heavy atom. The standard InChI is InChI=1S/C10H15F2N3S/c1-6(2)15-4-7-8(10(11,12)5-15)14-9(13-3)16-7/h6H,4-5H2,1-3H3,(H,13,14). The Bertz CT molecular complexity index is 389. The highest BCUT2D eigenvalue weighted by atomic mass is 32.1. The smallest absolute Gasteiger partial charge is 0.303 e. The van der Waals surface area contributed by atoms with Crippen LogP contribution in [0, 0.1) is 0 Å². The first kappa shape index (κ1) is 11.7. The molecule has 0 fully saturated rings. The third kappa shape index (κ3) is 1.91. The van der Waals surface area contributed by atoms with Crippen molar-refractivity contribution in [2.75, 3.05) is 18.9 Å². The van der Waals surface area contributed by atoms with Crippen molar-refractivity contribution in [3.8, 4) is 0 Å². The number of hydrogen-bond donors (Lipinski definition) is 1. The Balaban J connectivity index is 2.37. The van der Waals surface area contributed by atoms with Crippen LogP contribution in [0.3, 0.4) is 0 Å². The van der Waals surface area contributed by atoms with E-state index in [1.807, 2.05) is 13.8 Å². The second-order valence-corrected chi connectivity index (χ2v) is 5.33. The van der Waals surface area contributed by atoms with Crippen molar-refractivity contribution < 1.29 is 8.78 Å². The molecule has 3 nitrogen and oxygen atoms in total. The number of hydrogen-bond acceptors (Lipinski definition) is 4. The number of anilines is 1. The number of aromatic nitrogens is 1. The van der Waals surface area contributed by atoms with Gasteiger partial charge in [0.05, 0.1) is 11.4 Å². The average Bonchev–Trinajstić information content (AvgIpc) is 2.60. The zero-order valence-corrected chi connectivity index (χ0v) is 10.4. The summed E-state index contributed by atoms with van der Waals surface area (Å²) in [5, 5.41) is 3.39. The molecule has 16 heavy (non-hydrogen) atoms. The van der Waals surface area contributed by atoms with E-state index >= 15 is 0 Å². The molecule has 0 unspecified atom stereocenters. The molecule has 0 amide bonds. The SMILES string of the molecule is CNc1nc2c(s1)CN(C(C)C)CC2(F)F. The number of rotatable bonds is 2. The first-order valence-corrected chi connectivity index (χ1v) is 6.05. The van der Waals surface area contributed by atoms with Crippen molar-refractivity contribution in [2.45, 2.75) is 32.4 Å². The van der Waals surface area contributed by atoms with E-state index in [1.165, 1.54) is 11.3 Å². The molecule has 0 radical (unpaired) electrons. The highest BCUT2D eigenvalue weighted by molar-refractivity contribution is 7.15. The van der Waals surface area contributed by atoms with Gasteiger partial charge in [-0.1, -0.05) is 0 Å². The van der Waals surface area contributed by atoms with Crippen molar-refractivity contribution in [2.24, 2.45) is 0 Å². The summed E-state index contributed by atoms with van der Waals surface area (Å²) in [6.07, 6.45) is 0. The van der Waals surface area contributed by atoms with E-state index in [1.54, 1.807) is 11.9 Å². The van der Waals surface area contributed by atoms with Gasteiger partial charge in [0, 0.05) is 19.6 Å². The van der Waals surface area contributed by atoms with Crippen LogP contribution in [-0.4, -0.2) is 29.5 Å². The van der Waals surface area contributed by atoms with Crippen molar-refractivity contribution in [1.29, 1.82) is 0 Å². The molecule has 1 aromatic heterocycles. The van der Waals surface area contributed by atoms with Gasteiger partial charge in [0.25, 0.3) is 0 Å². The van der Waals surface area contributed by atoms with Crippen LogP contribution in [0.25, 0.3) is 0 Å². The van der Waals surface area contributed by atoms with Gasteiger partial charge in [0.15, 0.2) is 5.13 Å². The molecule has 0 saturated carbocycles. The Morgan fingerprint density at radius 3 is 2.75 bits per heavy atom. The Kier molecular flexibility index (Phi) is 2.88. The van der Waals surface area contributed by atoms with Crippen LogP contribution < -0.4 is 5.32 Å². The summed E-state index contributed by atoms with van der Waals surface area (Å²) in [7, 11) is 1.70. The van der Waals surface area contributed by atoms with Crippen LogP contribution in [-0.2, 0) is 12.5 Å². The van der Waals surface area contributed by atoms with Crippen LogP contribution in [0.5, 0.6) is 0 Å². The van der Waals surface area contributed by atoms with Crippen molar-refractivity contribution >= 4 is 16.5 Å². The minimum absolute atomic E-state index is 0.0428. The molecule has 0 aliphatic carbocycles. The molecule has 0 bridgehead atoms. The lowest BCUT2D eigenvalue weighted by molar-refractivity contribution is -0.0625. The van der Waals surface area contributed by atoms with Gasteiger partial charge in [-0.15, -0.1) is 11.3 Å².